The fourth-order valence-electron chi connectivity index (χ4n) is 2.03. The minimum atomic E-state index is 0.921. The number of rotatable bonds is 5. The molecule has 0 aliphatic carbocycles. The maximum absolute atomic E-state index is 3.92. The molecule has 0 spiro atoms. The molecule has 0 atom stereocenters. The van der Waals surface area contributed by atoms with Crippen molar-refractivity contribution >= 4 is 0 Å². The van der Waals surface area contributed by atoms with Crippen molar-refractivity contribution < 1.29 is 0 Å². The van der Waals surface area contributed by atoms with E-state index in [-0.39, 0.29) is 0 Å². The summed E-state index contributed by atoms with van der Waals surface area (Å²) in [4.78, 5) is 2.55. The van der Waals surface area contributed by atoms with E-state index >= 15 is 0 Å². The zero-order chi connectivity index (χ0) is 10.3. The first-order valence-corrected chi connectivity index (χ1v) is 5.86. The van der Waals surface area contributed by atoms with Crippen molar-refractivity contribution in [1.82, 2.24) is 20.4 Å². The summed E-state index contributed by atoms with van der Waals surface area (Å²) in [5, 5.41) is 10.2. The van der Waals surface area contributed by atoms with Crippen molar-refractivity contribution in [1.29, 1.82) is 0 Å². The van der Waals surface area contributed by atoms with Gasteiger partial charge in [0.05, 0.1) is 6.20 Å². The van der Waals surface area contributed by atoms with E-state index in [0.29, 0.717) is 0 Å². The summed E-state index contributed by atoms with van der Waals surface area (Å²) in [5.41, 5.74) is 1.23. The zero-order valence-electron chi connectivity index (χ0n) is 9.21. The minimum Gasteiger partial charge on any atom is -0.311 e. The highest BCUT2D eigenvalue weighted by Crippen LogP contribution is 2.07. The number of nitrogens with one attached hydrogen (secondary N) is 2. The standard InChI is InChI=1S/C11H20N4/c1-2-5-15(6-3-1)7-4-12-8-11-9-13-14-10-11/h9-10,12H,1-8H2,(H,13,14). The Balaban J connectivity index is 1.54. The molecule has 0 amide bonds. The molecule has 0 unspecified atom stereocenters. The molecule has 1 aromatic heterocycles. The Morgan fingerprint density at radius 1 is 1.33 bits per heavy atom. The third-order valence-electron chi connectivity index (χ3n) is 2.94. The number of hydrogen-bond acceptors (Lipinski definition) is 3. The molecule has 2 rings (SSSR count). The summed E-state index contributed by atoms with van der Waals surface area (Å²) in [7, 11) is 0. The van der Waals surface area contributed by atoms with E-state index < -0.39 is 0 Å². The molecule has 84 valence electrons. The molecular weight excluding hydrogens is 188 g/mol. The summed E-state index contributed by atoms with van der Waals surface area (Å²) < 4.78 is 0. The van der Waals surface area contributed by atoms with E-state index in [4.69, 9.17) is 0 Å². The predicted octanol–water partition coefficient (Wildman–Crippen LogP) is 0.985. The van der Waals surface area contributed by atoms with Crippen molar-refractivity contribution in [3.8, 4) is 0 Å². The zero-order valence-corrected chi connectivity index (χ0v) is 9.21. The van der Waals surface area contributed by atoms with Gasteiger partial charge in [-0.2, -0.15) is 5.10 Å². The number of nitrogens with zero attached hydrogens (tertiary/aromatic N) is 2. The summed E-state index contributed by atoms with van der Waals surface area (Å²) in [6.45, 7) is 5.74. The molecule has 1 aliphatic heterocycles. The van der Waals surface area contributed by atoms with Crippen molar-refractivity contribution in [2.24, 2.45) is 0 Å². The highest BCUT2D eigenvalue weighted by molar-refractivity contribution is 5.01. The molecule has 0 bridgehead atoms. The predicted molar refractivity (Wildman–Crippen MR) is 60.6 cm³/mol. The third kappa shape index (κ3) is 3.64. The van der Waals surface area contributed by atoms with Gasteiger partial charge in [0, 0.05) is 31.4 Å². The van der Waals surface area contributed by atoms with E-state index in [1.54, 1.807) is 0 Å². The van der Waals surface area contributed by atoms with E-state index in [1.165, 1.54) is 44.5 Å². The van der Waals surface area contributed by atoms with Crippen LogP contribution >= 0.6 is 0 Å². The van der Waals surface area contributed by atoms with Crippen molar-refractivity contribution in [2.45, 2.75) is 25.8 Å². The van der Waals surface area contributed by atoms with Crippen LogP contribution in [0.5, 0.6) is 0 Å². The van der Waals surface area contributed by atoms with E-state index in [0.717, 1.165) is 13.1 Å². The number of likely N-dealkylation sites (tertiary alicyclic amines) is 1. The largest absolute Gasteiger partial charge is 0.311 e. The molecule has 0 saturated carbocycles. The lowest BCUT2D eigenvalue weighted by atomic mass is 10.1. The maximum atomic E-state index is 3.92. The Kier molecular flexibility index (Phi) is 4.17. The fourth-order valence-corrected chi connectivity index (χ4v) is 2.03. The first-order chi connectivity index (χ1) is 7.45. The molecule has 1 aliphatic rings. The molecule has 2 N–H and O–H groups in total. The summed E-state index contributed by atoms with van der Waals surface area (Å²) in [6, 6.07) is 0. The van der Waals surface area contributed by atoms with Gasteiger partial charge in [-0.3, -0.25) is 5.10 Å². The first kappa shape index (κ1) is 10.6. The third-order valence-corrected chi connectivity index (χ3v) is 2.94. The van der Waals surface area contributed by atoms with Crippen molar-refractivity contribution in [2.75, 3.05) is 26.2 Å². The van der Waals surface area contributed by atoms with Gasteiger partial charge in [-0.05, 0) is 25.9 Å². The van der Waals surface area contributed by atoms with E-state index in [2.05, 4.69) is 20.4 Å². The van der Waals surface area contributed by atoms with Crippen LogP contribution in [-0.2, 0) is 6.54 Å². The van der Waals surface area contributed by atoms with Gasteiger partial charge in [-0.15, -0.1) is 0 Å². The molecule has 4 heteroatoms. The molecule has 0 radical (unpaired) electrons. The number of aromatic amines is 1. The Morgan fingerprint density at radius 3 is 2.93 bits per heavy atom. The van der Waals surface area contributed by atoms with Crippen molar-refractivity contribution in [3.05, 3.63) is 18.0 Å². The van der Waals surface area contributed by atoms with Gasteiger partial charge in [0.2, 0.25) is 0 Å². The quantitative estimate of drug-likeness (QED) is 0.709. The van der Waals surface area contributed by atoms with Gasteiger partial charge in [-0.1, -0.05) is 6.42 Å². The van der Waals surface area contributed by atoms with Crippen LogP contribution in [0.4, 0.5) is 0 Å². The first-order valence-electron chi connectivity index (χ1n) is 5.86. The number of aromatic nitrogens is 2. The molecule has 1 saturated heterocycles. The SMILES string of the molecule is c1n[nH]cc1CNCCN1CCCCC1. The van der Waals surface area contributed by atoms with Crippen LogP contribution in [0, 0.1) is 0 Å². The van der Waals surface area contributed by atoms with Gasteiger partial charge in [-0.25, -0.2) is 0 Å². The van der Waals surface area contributed by atoms with Gasteiger partial charge >= 0.3 is 0 Å². The van der Waals surface area contributed by atoms with Gasteiger partial charge < -0.3 is 10.2 Å². The molecule has 2 heterocycles. The van der Waals surface area contributed by atoms with Crippen molar-refractivity contribution in [3.63, 3.8) is 0 Å². The van der Waals surface area contributed by atoms with E-state index in [1.807, 2.05) is 12.4 Å². The molecule has 0 aromatic carbocycles. The second-order valence-corrected chi connectivity index (χ2v) is 4.19. The highest BCUT2D eigenvalue weighted by atomic mass is 15.1. The van der Waals surface area contributed by atoms with Crippen LogP contribution in [0.25, 0.3) is 0 Å². The molecule has 15 heavy (non-hydrogen) atoms. The summed E-state index contributed by atoms with van der Waals surface area (Å²) in [6.07, 6.45) is 7.98. The number of hydrogen-bond donors (Lipinski definition) is 2. The summed E-state index contributed by atoms with van der Waals surface area (Å²) >= 11 is 0. The van der Waals surface area contributed by atoms with Gasteiger partial charge in [0.1, 0.15) is 0 Å². The second-order valence-electron chi connectivity index (χ2n) is 4.19. The van der Waals surface area contributed by atoms with Gasteiger partial charge in [0.15, 0.2) is 0 Å². The van der Waals surface area contributed by atoms with E-state index in [9.17, 15) is 0 Å². The lowest BCUT2D eigenvalue weighted by Crippen LogP contribution is -2.35. The smallest absolute Gasteiger partial charge is 0.0532 e. The number of H-pyrrole nitrogens is 1. The second kappa shape index (κ2) is 5.88. The average molecular weight is 208 g/mol. The molecule has 1 fully saturated rings. The van der Waals surface area contributed by atoms with Crippen LogP contribution in [-0.4, -0.2) is 41.3 Å². The Bertz CT molecular complexity index is 252. The normalized spacial score (nSPS) is 18.1. The monoisotopic (exact) mass is 208 g/mol. The number of piperidine rings is 1. The Labute approximate surface area is 91.1 Å². The van der Waals surface area contributed by atoms with Crippen LogP contribution in [0.15, 0.2) is 12.4 Å². The van der Waals surface area contributed by atoms with Crippen LogP contribution in [0.1, 0.15) is 24.8 Å². The van der Waals surface area contributed by atoms with Crippen LogP contribution in [0.3, 0.4) is 0 Å². The fraction of sp³-hybridized carbons (Fsp3) is 0.727. The molecule has 1 aromatic rings. The lowest BCUT2D eigenvalue weighted by Gasteiger charge is -2.26. The highest BCUT2D eigenvalue weighted by Gasteiger charge is 2.08. The average Bonchev–Trinajstić information content (AvgIpc) is 2.79. The lowest BCUT2D eigenvalue weighted by molar-refractivity contribution is 0.229. The molecule has 4 nitrogen and oxygen atoms in total. The van der Waals surface area contributed by atoms with Crippen LogP contribution in [0.2, 0.25) is 0 Å². The Morgan fingerprint density at radius 2 is 2.20 bits per heavy atom. The topological polar surface area (TPSA) is 44.0 Å². The summed E-state index contributed by atoms with van der Waals surface area (Å²) in [5.74, 6) is 0. The van der Waals surface area contributed by atoms with Gasteiger partial charge in [0.25, 0.3) is 0 Å². The maximum Gasteiger partial charge on any atom is 0.0532 e. The minimum absolute atomic E-state index is 0.921. The Hall–Kier alpha value is -0.870. The van der Waals surface area contributed by atoms with Crippen LogP contribution < -0.4 is 5.32 Å². The molecular formula is C11H20N4.